The van der Waals surface area contributed by atoms with Crippen molar-refractivity contribution in [2.24, 2.45) is 0 Å². The summed E-state index contributed by atoms with van der Waals surface area (Å²) in [7, 11) is 0. The first-order valence-corrected chi connectivity index (χ1v) is 9.96. The third-order valence-corrected chi connectivity index (χ3v) is 4.97. The molecule has 0 spiro atoms. The number of likely N-dealkylation sites (tertiary alicyclic amines) is 1. The zero-order chi connectivity index (χ0) is 20.6. The number of piperidine rings is 1. The summed E-state index contributed by atoms with van der Waals surface area (Å²) in [4.78, 5) is 38.3. The summed E-state index contributed by atoms with van der Waals surface area (Å²) >= 11 is 0. The van der Waals surface area contributed by atoms with Gasteiger partial charge in [0.05, 0.1) is 0 Å². The summed E-state index contributed by atoms with van der Waals surface area (Å²) in [6, 6.07) is 17.0. The molecule has 0 unspecified atom stereocenters. The highest BCUT2D eigenvalue weighted by Crippen LogP contribution is 2.19. The van der Waals surface area contributed by atoms with Crippen molar-refractivity contribution in [3.63, 3.8) is 0 Å². The topological polar surface area (TPSA) is 75.7 Å². The highest BCUT2D eigenvalue weighted by atomic mass is 16.5. The van der Waals surface area contributed by atoms with Crippen LogP contribution < -0.4 is 5.32 Å². The van der Waals surface area contributed by atoms with Crippen molar-refractivity contribution in [3.8, 4) is 11.1 Å². The fourth-order valence-corrected chi connectivity index (χ4v) is 3.36. The largest absolute Gasteiger partial charge is 0.451 e. The Bertz CT molecular complexity index is 843. The predicted molar refractivity (Wildman–Crippen MR) is 110 cm³/mol. The Kier molecular flexibility index (Phi) is 7.00. The lowest BCUT2D eigenvalue weighted by Gasteiger charge is -2.28. The van der Waals surface area contributed by atoms with E-state index in [0.29, 0.717) is 18.7 Å². The summed E-state index contributed by atoms with van der Waals surface area (Å²) < 4.78 is 5.18. The molecule has 2 aromatic carbocycles. The molecular formula is C23H26N2O4. The number of carbonyl (C=O) groups excluding carboxylic acids is 3. The van der Waals surface area contributed by atoms with Crippen LogP contribution in [-0.2, 0) is 14.3 Å². The highest BCUT2D eigenvalue weighted by Gasteiger charge is 2.25. The van der Waals surface area contributed by atoms with Gasteiger partial charge in [0.1, 0.15) is 6.54 Å². The van der Waals surface area contributed by atoms with Gasteiger partial charge in [-0.25, -0.2) is 0 Å². The van der Waals surface area contributed by atoms with E-state index < -0.39 is 12.1 Å². The molecule has 0 radical (unpaired) electrons. The van der Waals surface area contributed by atoms with E-state index in [4.69, 9.17) is 4.74 Å². The first kappa shape index (κ1) is 20.6. The molecule has 152 valence electrons. The molecule has 0 saturated carbocycles. The summed E-state index contributed by atoms with van der Waals surface area (Å²) in [6.07, 6.45) is 2.23. The van der Waals surface area contributed by atoms with Crippen molar-refractivity contribution < 1.29 is 19.1 Å². The SMILES string of the molecule is C[C@@H](OC(=O)CNC(=O)c1ccc(-c2ccccc2)cc1)C(=O)N1CCCCC1. The van der Waals surface area contributed by atoms with Crippen LogP contribution in [0, 0.1) is 0 Å². The molecule has 1 aliphatic rings. The quantitative estimate of drug-likeness (QED) is 0.764. The fraction of sp³-hybridized carbons (Fsp3) is 0.348. The second kappa shape index (κ2) is 9.87. The molecule has 0 aliphatic carbocycles. The van der Waals surface area contributed by atoms with E-state index in [2.05, 4.69) is 5.32 Å². The number of hydrogen-bond acceptors (Lipinski definition) is 4. The first-order chi connectivity index (χ1) is 14.0. The Morgan fingerprint density at radius 1 is 0.931 bits per heavy atom. The second-order valence-electron chi connectivity index (χ2n) is 7.14. The van der Waals surface area contributed by atoms with Crippen LogP contribution >= 0.6 is 0 Å². The van der Waals surface area contributed by atoms with Gasteiger partial charge in [0.25, 0.3) is 11.8 Å². The molecule has 2 amide bonds. The van der Waals surface area contributed by atoms with Gasteiger partial charge in [-0.1, -0.05) is 42.5 Å². The lowest BCUT2D eigenvalue weighted by Crippen LogP contribution is -2.43. The molecule has 3 rings (SSSR count). The average molecular weight is 394 g/mol. The minimum Gasteiger partial charge on any atom is -0.451 e. The molecule has 1 atom stereocenters. The smallest absolute Gasteiger partial charge is 0.326 e. The lowest BCUT2D eigenvalue weighted by molar-refractivity contribution is -0.158. The zero-order valence-corrected chi connectivity index (χ0v) is 16.6. The number of nitrogens with one attached hydrogen (secondary N) is 1. The maximum Gasteiger partial charge on any atom is 0.326 e. The predicted octanol–water partition coefficient (Wildman–Crippen LogP) is 3.03. The van der Waals surface area contributed by atoms with E-state index in [1.807, 2.05) is 42.5 Å². The van der Waals surface area contributed by atoms with Gasteiger partial charge in [-0.3, -0.25) is 14.4 Å². The minimum atomic E-state index is -0.845. The molecule has 1 saturated heterocycles. The van der Waals surface area contributed by atoms with Crippen LogP contribution in [0.1, 0.15) is 36.5 Å². The Morgan fingerprint density at radius 3 is 2.21 bits per heavy atom. The second-order valence-corrected chi connectivity index (χ2v) is 7.14. The maximum atomic E-state index is 12.3. The van der Waals surface area contributed by atoms with Crippen LogP contribution in [0.3, 0.4) is 0 Å². The standard InChI is InChI=1S/C23H26N2O4/c1-17(23(28)25-14-6-3-7-15-25)29-21(26)16-24-22(27)20-12-10-19(11-13-20)18-8-4-2-5-9-18/h2,4-5,8-13,17H,3,6-7,14-16H2,1H3,(H,24,27)/t17-/m1/s1. The van der Waals surface area contributed by atoms with E-state index in [9.17, 15) is 14.4 Å². The van der Waals surface area contributed by atoms with Crippen molar-refractivity contribution in [2.75, 3.05) is 19.6 Å². The molecule has 6 nitrogen and oxygen atoms in total. The van der Waals surface area contributed by atoms with Gasteiger partial charge < -0.3 is 15.0 Å². The van der Waals surface area contributed by atoms with Crippen LogP contribution in [0.4, 0.5) is 0 Å². The van der Waals surface area contributed by atoms with Crippen LogP contribution in [0.5, 0.6) is 0 Å². The van der Waals surface area contributed by atoms with Crippen LogP contribution in [0.15, 0.2) is 54.6 Å². The monoisotopic (exact) mass is 394 g/mol. The van der Waals surface area contributed by atoms with Crippen molar-refractivity contribution in [1.29, 1.82) is 0 Å². The van der Waals surface area contributed by atoms with Gasteiger partial charge in [-0.15, -0.1) is 0 Å². The van der Waals surface area contributed by atoms with Gasteiger partial charge in [-0.05, 0) is 49.4 Å². The zero-order valence-electron chi connectivity index (χ0n) is 16.6. The number of amides is 2. The third kappa shape index (κ3) is 5.67. The summed E-state index contributed by atoms with van der Waals surface area (Å²) in [5.41, 5.74) is 2.52. The molecule has 1 heterocycles. The molecule has 29 heavy (non-hydrogen) atoms. The van der Waals surface area contributed by atoms with E-state index in [1.165, 1.54) is 0 Å². The minimum absolute atomic E-state index is 0.180. The van der Waals surface area contributed by atoms with Gasteiger partial charge >= 0.3 is 5.97 Å². The van der Waals surface area contributed by atoms with Gasteiger partial charge in [0.2, 0.25) is 0 Å². The molecule has 1 fully saturated rings. The van der Waals surface area contributed by atoms with Crippen molar-refractivity contribution in [2.45, 2.75) is 32.3 Å². The molecule has 6 heteroatoms. The Hall–Kier alpha value is -3.15. The average Bonchev–Trinajstić information content (AvgIpc) is 2.78. The van der Waals surface area contributed by atoms with Crippen molar-refractivity contribution >= 4 is 17.8 Å². The highest BCUT2D eigenvalue weighted by molar-refractivity contribution is 5.96. The van der Waals surface area contributed by atoms with Crippen LogP contribution in [0.2, 0.25) is 0 Å². The Labute approximate surface area is 170 Å². The normalized spacial score (nSPS) is 14.7. The van der Waals surface area contributed by atoms with E-state index >= 15 is 0 Å². The van der Waals surface area contributed by atoms with Crippen molar-refractivity contribution in [1.82, 2.24) is 10.2 Å². The molecule has 0 bridgehead atoms. The number of esters is 1. The van der Waals surface area contributed by atoms with Gasteiger partial charge in [0.15, 0.2) is 6.10 Å². The summed E-state index contributed by atoms with van der Waals surface area (Å²) in [6.45, 7) is 2.70. The lowest BCUT2D eigenvalue weighted by atomic mass is 10.0. The maximum absolute atomic E-state index is 12.3. The third-order valence-electron chi connectivity index (χ3n) is 4.97. The van der Waals surface area contributed by atoms with Crippen LogP contribution in [-0.4, -0.2) is 48.4 Å². The van der Waals surface area contributed by atoms with E-state index in [0.717, 1.165) is 30.4 Å². The summed E-state index contributed by atoms with van der Waals surface area (Å²) in [5.74, 6) is -1.17. The van der Waals surface area contributed by atoms with Gasteiger partial charge in [-0.2, -0.15) is 0 Å². The van der Waals surface area contributed by atoms with Gasteiger partial charge in [0, 0.05) is 18.7 Å². The van der Waals surface area contributed by atoms with Crippen molar-refractivity contribution in [3.05, 3.63) is 60.2 Å². The summed E-state index contributed by atoms with van der Waals surface area (Å²) in [5, 5.41) is 2.54. The Balaban J connectivity index is 1.47. The number of nitrogens with zero attached hydrogens (tertiary/aromatic N) is 1. The number of rotatable bonds is 6. The fourth-order valence-electron chi connectivity index (χ4n) is 3.36. The Morgan fingerprint density at radius 2 is 1.55 bits per heavy atom. The molecule has 1 N–H and O–H groups in total. The molecule has 1 aliphatic heterocycles. The molecular weight excluding hydrogens is 368 g/mol. The van der Waals surface area contributed by atoms with E-state index in [-0.39, 0.29) is 18.4 Å². The first-order valence-electron chi connectivity index (χ1n) is 9.96. The van der Waals surface area contributed by atoms with E-state index in [1.54, 1.807) is 24.0 Å². The number of benzene rings is 2. The molecule has 0 aromatic heterocycles. The number of ether oxygens (including phenoxy) is 1. The number of hydrogen-bond donors (Lipinski definition) is 1. The van der Waals surface area contributed by atoms with Crippen LogP contribution in [0.25, 0.3) is 11.1 Å². The number of carbonyl (C=O) groups is 3. The molecule has 2 aromatic rings.